The van der Waals surface area contributed by atoms with Crippen LogP contribution in [0.3, 0.4) is 0 Å². The molecule has 5 nitrogen and oxygen atoms in total. The van der Waals surface area contributed by atoms with Crippen LogP contribution in [0.5, 0.6) is 5.75 Å². The van der Waals surface area contributed by atoms with Crippen LogP contribution in [0, 0.1) is 5.92 Å². The predicted molar refractivity (Wildman–Crippen MR) is 123 cm³/mol. The fourth-order valence-electron chi connectivity index (χ4n) is 4.94. The average Bonchev–Trinajstić information content (AvgIpc) is 3.41. The Morgan fingerprint density at radius 2 is 1.87 bits per heavy atom. The largest absolute Gasteiger partial charge is 0.496 e. The fraction of sp³-hybridized carbons (Fsp3) is 0.480. The summed E-state index contributed by atoms with van der Waals surface area (Å²) >= 11 is 6.19. The van der Waals surface area contributed by atoms with Gasteiger partial charge in [0.15, 0.2) is 0 Å². The Labute approximate surface area is 189 Å². The van der Waals surface area contributed by atoms with Crippen molar-refractivity contribution >= 4 is 17.5 Å². The van der Waals surface area contributed by atoms with Crippen LogP contribution < -0.4 is 10.1 Å². The normalized spacial score (nSPS) is 18.5. The molecule has 2 aromatic carbocycles. The summed E-state index contributed by atoms with van der Waals surface area (Å²) in [5.41, 5.74) is 3.29. The topological polar surface area (TPSA) is 61.8 Å². The van der Waals surface area contributed by atoms with E-state index in [1.54, 1.807) is 25.3 Å². The molecule has 0 bridgehead atoms. The Bertz CT molecular complexity index is 888. The van der Waals surface area contributed by atoms with E-state index < -0.39 is 12.1 Å². The van der Waals surface area contributed by atoms with Crippen molar-refractivity contribution < 1.29 is 14.6 Å². The highest BCUT2D eigenvalue weighted by atomic mass is 35.5. The first-order valence-corrected chi connectivity index (χ1v) is 11.5. The second kappa shape index (κ2) is 10.0. The van der Waals surface area contributed by atoms with Gasteiger partial charge >= 0.3 is 0 Å². The van der Waals surface area contributed by atoms with Crippen LogP contribution >= 0.6 is 11.6 Å². The summed E-state index contributed by atoms with van der Waals surface area (Å²) in [7, 11) is 1.57. The highest BCUT2D eigenvalue weighted by Crippen LogP contribution is 2.32. The van der Waals surface area contributed by atoms with Crippen LogP contribution in [0.4, 0.5) is 0 Å². The molecule has 0 unspecified atom stereocenters. The number of carbonyl (C=O) groups excluding carboxylic acids is 1. The van der Waals surface area contributed by atoms with Crippen molar-refractivity contribution in [2.75, 3.05) is 26.7 Å². The third-order valence-corrected chi connectivity index (χ3v) is 6.74. The van der Waals surface area contributed by atoms with E-state index in [0.29, 0.717) is 35.2 Å². The molecule has 2 N–H and O–H groups in total. The van der Waals surface area contributed by atoms with E-state index >= 15 is 0 Å². The number of fused-ring (bicyclic) bond motifs is 1. The van der Waals surface area contributed by atoms with Crippen LogP contribution in [-0.4, -0.2) is 48.7 Å². The number of likely N-dealkylation sites (tertiary alicyclic amines) is 1. The number of aliphatic hydroxyl groups excluding tert-OH is 1. The summed E-state index contributed by atoms with van der Waals surface area (Å²) in [6.07, 6.45) is 3.73. The lowest BCUT2D eigenvalue weighted by Crippen LogP contribution is -2.47. The fourth-order valence-corrected chi connectivity index (χ4v) is 5.12. The molecule has 31 heavy (non-hydrogen) atoms. The molecule has 0 radical (unpaired) electrons. The van der Waals surface area contributed by atoms with Crippen LogP contribution in [0.15, 0.2) is 42.5 Å². The molecular weight excluding hydrogens is 412 g/mol. The summed E-state index contributed by atoms with van der Waals surface area (Å²) in [5.74, 6) is 0.869. The zero-order chi connectivity index (χ0) is 21.8. The molecule has 6 heteroatoms. The molecule has 4 rings (SSSR count). The highest BCUT2D eigenvalue weighted by Gasteiger charge is 2.30. The van der Waals surface area contributed by atoms with Gasteiger partial charge in [0.2, 0.25) is 5.91 Å². The summed E-state index contributed by atoms with van der Waals surface area (Å²) in [4.78, 5) is 15.3. The maximum Gasteiger partial charge on any atom is 0.220 e. The molecule has 1 saturated heterocycles. The van der Waals surface area contributed by atoms with Crippen molar-refractivity contribution in [1.82, 2.24) is 10.2 Å². The van der Waals surface area contributed by atoms with E-state index in [2.05, 4.69) is 34.5 Å². The lowest BCUT2D eigenvalue weighted by atomic mass is 9.98. The molecule has 2 aromatic rings. The number of rotatable bonds is 8. The van der Waals surface area contributed by atoms with E-state index in [1.807, 2.05) is 0 Å². The molecule has 2 aliphatic rings. The molecule has 1 fully saturated rings. The quantitative estimate of drug-likeness (QED) is 0.653. The van der Waals surface area contributed by atoms with E-state index in [-0.39, 0.29) is 5.91 Å². The monoisotopic (exact) mass is 442 g/mol. The molecule has 0 saturated carbocycles. The number of nitrogens with zero attached hydrogens (tertiary/aromatic N) is 1. The van der Waals surface area contributed by atoms with Gasteiger partial charge in [-0.25, -0.2) is 0 Å². The number of amides is 1. The van der Waals surface area contributed by atoms with Crippen molar-refractivity contribution in [2.24, 2.45) is 5.92 Å². The highest BCUT2D eigenvalue weighted by molar-refractivity contribution is 6.30. The Balaban J connectivity index is 1.46. The average molecular weight is 443 g/mol. The molecule has 166 valence electrons. The SMILES string of the molecule is COc1ccc(Cl)cc1[C@@H](O)[C@@H](CN1CCCC1)NC(=O)CC1Cc2ccccc2C1. The maximum atomic E-state index is 13.0. The number of benzene rings is 2. The van der Waals surface area contributed by atoms with Crippen molar-refractivity contribution in [3.63, 3.8) is 0 Å². The number of aliphatic hydroxyl groups is 1. The Morgan fingerprint density at radius 3 is 2.52 bits per heavy atom. The van der Waals surface area contributed by atoms with E-state index in [1.165, 1.54) is 11.1 Å². The molecule has 0 spiro atoms. The third-order valence-electron chi connectivity index (χ3n) is 6.50. The standard InChI is InChI=1S/C25H31ClN2O3/c1-31-23-9-8-20(26)15-21(23)25(30)22(16-28-10-4-5-11-28)27-24(29)14-17-12-18-6-2-3-7-19(18)13-17/h2-3,6-9,15,17,22,25,30H,4-5,10-14,16H2,1H3,(H,27,29)/t22-,25-/m1/s1. The second-order valence-electron chi connectivity index (χ2n) is 8.76. The van der Waals surface area contributed by atoms with Crippen LogP contribution in [0.1, 0.15) is 42.1 Å². The molecule has 2 atom stereocenters. The number of carbonyl (C=O) groups is 1. The maximum absolute atomic E-state index is 13.0. The lowest BCUT2D eigenvalue weighted by molar-refractivity contribution is -0.123. The second-order valence-corrected chi connectivity index (χ2v) is 9.20. The van der Waals surface area contributed by atoms with Crippen LogP contribution in [-0.2, 0) is 17.6 Å². The summed E-state index contributed by atoms with van der Waals surface area (Å²) in [5, 5.41) is 14.9. The number of nitrogens with one attached hydrogen (secondary N) is 1. The zero-order valence-corrected chi connectivity index (χ0v) is 18.8. The van der Waals surface area contributed by atoms with E-state index in [0.717, 1.165) is 38.8 Å². The molecule has 1 aliphatic carbocycles. The van der Waals surface area contributed by atoms with Gasteiger partial charge in [-0.1, -0.05) is 35.9 Å². The van der Waals surface area contributed by atoms with Gasteiger partial charge in [-0.2, -0.15) is 0 Å². The molecule has 1 aliphatic heterocycles. The molecule has 1 heterocycles. The van der Waals surface area contributed by atoms with Gasteiger partial charge in [0.05, 0.1) is 13.2 Å². The van der Waals surface area contributed by atoms with Crippen LogP contribution in [0.25, 0.3) is 0 Å². The number of ether oxygens (including phenoxy) is 1. The summed E-state index contributed by atoms with van der Waals surface area (Å²) < 4.78 is 5.45. The number of hydrogen-bond acceptors (Lipinski definition) is 4. The Hall–Kier alpha value is -2.08. The van der Waals surface area contributed by atoms with Gasteiger partial charge in [0.1, 0.15) is 11.9 Å². The van der Waals surface area contributed by atoms with Crippen molar-refractivity contribution in [3.8, 4) is 5.75 Å². The summed E-state index contributed by atoms with van der Waals surface area (Å²) in [6.45, 7) is 2.58. The first kappa shape index (κ1) is 22.1. The van der Waals surface area contributed by atoms with Gasteiger partial charge in [-0.05, 0) is 74.0 Å². The van der Waals surface area contributed by atoms with Gasteiger partial charge in [-0.15, -0.1) is 0 Å². The summed E-state index contributed by atoms with van der Waals surface area (Å²) in [6, 6.07) is 13.2. The van der Waals surface area contributed by atoms with Crippen molar-refractivity contribution in [2.45, 2.75) is 44.2 Å². The predicted octanol–water partition coefficient (Wildman–Crippen LogP) is 3.77. The number of halogens is 1. The molecular formula is C25H31ClN2O3. The zero-order valence-electron chi connectivity index (χ0n) is 18.0. The smallest absolute Gasteiger partial charge is 0.220 e. The lowest BCUT2D eigenvalue weighted by Gasteiger charge is -2.30. The van der Waals surface area contributed by atoms with Crippen molar-refractivity contribution in [1.29, 1.82) is 0 Å². The number of methoxy groups -OCH3 is 1. The number of hydrogen-bond donors (Lipinski definition) is 2. The van der Waals surface area contributed by atoms with E-state index in [9.17, 15) is 9.90 Å². The first-order valence-electron chi connectivity index (χ1n) is 11.1. The van der Waals surface area contributed by atoms with Gasteiger partial charge < -0.3 is 20.1 Å². The van der Waals surface area contributed by atoms with Gasteiger partial charge in [-0.3, -0.25) is 4.79 Å². The minimum Gasteiger partial charge on any atom is -0.496 e. The molecule has 0 aromatic heterocycles. The Morgan fingerprint density at radius 1 is 1.19 bits per heavy atom. The minimum atomic E-state index is -0.904. The van der Waals surface area contributed by atoms with Gasteiger partial charge in [0.25, 0.3) is 0 Å². The third kappa shape index (κ3) is 5.40. The first-order chi connectivity index (χ1) is 15.0. The Kier molecular flexibility index (Phi) is 7.16. The van der Waals surface area contributed by atoms with E-state index in [4.69, 9.17) is 16.3 Å². The minimum absolute atomic E-state index is 0.0120. The van der Waals surface area contributed by atoms with Crippen molar-refractivity contribution in [3.05, 3.63) is 64.2 Å². The molecule has 1 amide bonds. The van der Waals surface area contributed by atoms with Crippen LogP contribution in [0.2, 0.25) is 5.02 Å². The van der Waals surface area contributed by atoms with Gasteiger partial charge in [0, 0.05) is 23.6 Å².